The number of aliphatic hydroxyl groups is 1. The number of hydrogen-bond acceptors (Lipinski definition) is 4. The molecule has 4 nitrogen and oxygen atoms in total. The van der Waals surface area contributed by atoms with E-state index in [1.807, 2.05) is 30.3 Å². The monoisotopic (exact) mass is 266 g/mol. The number of rotatable bonds is 10. The normalized spacial score (nSPS) is 12.6. The lowest BCUT2D eigenvalue weighted by Crippen LogP contribution is -2.39. The van der Waals surface area contributed by atoms with Crippen LogP contribution in [0.25, 0.3) is 0 Å². The van der Waals surface area contributed by atoms with Gasteiger partial charge in [0.2, 0.25) is 0 Å². The molecule has 0 saturated carbocycles. The lowest BCUT2D eigenvalue weighted by atomic mass is 10.3. The van der Waals surface area contributed by atoms with E-state index in [0.29, 0.717) is 13.2 Å². The largest absolute Gasteiger partial charge is 0.492 e. The number of nitrogens with one attached hydrogen (secondary N) is 1. The summed E-state index contributed by atoms with van der Waals surface area (Å²) in [5.41, 5.74) is 0. The van der Waals surface area contributed by atoms with Crippen LogP contribution in [0.1, 0.15) is 13.8 Å². The van der Waals surface area contributed by atoms with Gasteiger partial charge in [-0.15, -0.1) is 0 Å². The van der Waals surface area contributed by atoms with Crippen LogP contribution in [0.2, 0.25) is 0 Å². The van der Waals surface area contributed by atoms with Gasteiger partial charge < -0.3 is 20.1 Å². The first-order chi connectivity index (χ1) is 9.26. The van der Waals surface area contributed by atoms with Crippen LogP contribution in [0.15, 0.2) is 30.3 Å². The molecule has 4 heteroatoms. The van der Waals surface area contributed by atoms with E-state index in [1.54, 1.807) is 0 Å². The van der Waals surface area contributed by atoms with Crippen LogP contribution in [-0.4, -0.2) is 55.4 Å². The zero-order chi connectivity index (χ0) is 13.9. The molecule has 0 aliphatic rings. The maximum atomic E-state index is 9.85. The van der Waals surface area contributed by atoms with Crippen LogP contribution in [0, 0.1) is 0 Å². The van der Waals surface area contributed by atoms with Crippen molar-refractivity contribution in [1.82, 2.24) is 10.2 Å². The number of likely N-dealkylation sites (N-methyl/N-ethyl adjacent to an activating group) is 1. The smallest absolute Gasteiger partial charge is 0.119 e. The molecule has 19 heavy (non-hydrogen) atoms. The second-order valence-electron chi connectivity index (χ2n) is 4.51. The number of aliphatic hydroxyl groups excluding tert-OH is 1. The van der Waals surface area contributed by atoms with Crippen molar-refractivity contribution in [3.63, 3.8) is 0 Å². The summed E-state index contributed by atoms with van der Waals surface area (Å²) in [6, 6.07) is 9.76. The Labute approximate surface area is 116 Å². The molecule has 0 bridgehead atoms. The van der Waals surface area contributed by atoms with Gasteiger partial charge in [0, 0.05) is 19.6 Å². The molecule has 0 aromatic heterocycles. The van der Waals surface area contributed by atoms with Gasteiger partial charge in [-0.25, -0.2) is 0 Å². The third-order valence-corrected chi connectivity index (χ3v) is 3.03. The maximum absolute atomic E-state index is 9.85. The zero-order valence-corrected chi connectivity index (χ0v) is 12.0. The first-order valence-electron chi connectivity index (χ1n) is 7.05. The lowest BCUT2D eigenvalue weighted by molar-refractivity contribution is 0.116. The van der Waals surface area contributed by atoms with Crippen molar-refractivity contribution in [1.29, 1.82) is 0 Å². The van der Waals surface area contributed by atoms with Crippen LogP contribution in [0.4, 0.5) is 0 Å². The number of ether oxygens (including phenoxy) is 1. The fraction of sp³-hybridized carbons (Fsp3) is 0.600. The van der Waals surface area contributed by atoms with E-state index in [2.05, 4.69) is 24.1 Å². The lowest BCUT2D eigenvalue weighted by Gasteiger charge is -2.22. The Morgan fingerprint density at radius 3 is 2.53 bits per heavy atom. The summed E-state index contributed by atoms with van der Waals surface area (Å²) in [6.45, 7) is 8.85. The molecule has 1 aromatic carbocycles. The molecule has 1 aromatic rings. The first kappa shape index (κ1) is 16.0. The summed E-state index contributed by atoms with van der Waals surface area (Å²) in [5.74, 6) is 0.882. The molecule has 0 saturated heterocycles. The highest BCUT2D eigenvalue weighted by molar-refractivity contribution is 5.20. The van der Waals surface area contributed by atoms with Gasteiger partial charge in [-0.3, -0.25) is 0 Å². The number of nitrogens with zero attached hydrogens (tertiary/aromatic N) is 1. The predicted molar refractivity (Wildman–Crippen MR) is 78.6 cm³/mol. The van der Waals surface area contributed by atoms with Crippen molar-refractivity contribution in [2.75, 3.05) is 39.3 Å². The summed E-state index contributed by atoms with van der Waals surface area (Å²) in [4.78, 5) is 2.22. The molecule has 0 fully saturated rings. The Morgan fingerprint density at radius 1 is 1.21 bits per heavy atom. The first-order valence-corrected chi connectivity index (χ1v) is 7.05. The number of para-hydroxylation sites is 1. The molecule has 0 amide bonds. The van der Waals surface area contributed by atoms with E-state index in [9.17, 15) is 5.11 Å². The molecule has 2 N–H and O–H groups in total. The predicted octanol–water partition coefficient (Wildman–Crippen LogP) is 1.36. The van der Waals surface area contributed by atoms with Crippen molar-refractivity contribution in [3.8, 4) is 5.75 Å². The number of benzene rings is 1. The molecule has 0 radical (unpaired) electrons. The Bertz CT molecular complexity index is 315. The van der Waals surface area contributed by atoms with E-state index in [1.165, 1.54) is 0 Å². The molecular weight excluding hydrogens is 240 g/mol. The van der Waals surface area contributed by atoms with Crippen molar-refractivity contribution >= 4 is 0 Å². The summed E-state index contributed by atoms with van der Waals surface area (Å²) in [6.07, 6.45) is -0.323. The van der Waals surface area contributed by atoms with Crippen molar-refractivity contribution in [2.45, 2.75) is 20.0 Å². The standard InChI is InChI=1S/C15H26N2O2/c1-3-17(4-2)13-14(18)12-16-10-11-19-15-8-6-5-7-9-15/h5-9,14,16,18H,3-4,10-13H2,1-2H3. The van der Waals surface area contributed by atoms with Crippen LogP contribution < -0.4 is 10.1 Å². The Hall–Kier alpha value is -1.10. The minimum absolute atomic E-state index is 0.323. The Morgan fingerprint density at radius 2 is 1.89 bits per heavy atom. The van der Waals surface area contributed by atoms with Crippen LogP contribution in [0.5, 0.6) is 5.75 Å². The van der Waals surface area contributed by atoms with E-state index in [-0.39, 0.29) is 6.10 Å². The van der Waals surface area contributed by atoms with Crippen LogP contribution >= 0.6 is 0 Å². The molecular formula is C15H26N2O2. The van der Waals surface area contributed by atoms with Gasteiger partial charge in [0.25, 0.3) is 0 Å². The SMILES string of the molecule is CCN(CC)CC(O)CNCCOc1ccccc1. The van der Waals surface area contributed by atoms with Gasteiger partial charge in [0.15, 0.2) is 0 Å². The molecule has 0 spiro atoms. The highest BCUT2D eigenvalue weighted by Gasteiger charge is 2.07. The third kappa shape index (κ3) is 7.15. The topological polar surface area (TPSA) is 44.7 Å². The van der Waals surface area contributed by atoms with Crippen molar-refractivity contribution < 1.29 is 9.84 Å². The molecule has 0 heterocycles. The van der Waals surface area contributed by atoms with Gasteiger partial charge in [-0.05, 0) is 25.2 Å². The van der Waals surface area contributed by atoms with E-state index in [0.717, 1.165) is 31.9 Å². The second-order valence-corrected chi connectivity index (χ2v) is 4.51. The molecule has 0 aliphatic carbocycles. The van der Waals surface area contributed by atoms with E-state index >= 15 is 0 Å². The summed E-state index contributed by atoms with van der Waals surface area (Å²) < 4.78 is 5.56. The fourth-order valence-corrected chi connectivity index (χ4v) is 1.87. The Balaban J connectivity index is 2.04. The average Bonchev–Trinajstić information content (AvgIpc) is 2.45. The quantitative estimate of drug-likeness (QED) is 0.628. The van der Waals surface area contributed by atoms with E-state index < -0.39 is 0 Å². The fourth-order valence-electron chi connectivity index (χ4n) is 1.87. The molecule has 1 atom stereocenters. The van der Waals surface area contributed by atoms with Gasteiger partial charge in [0.05, 0.1) is 6.10 Å². The zero-order valence-electron chi connectivity index (χ0n) is 12.0. The van der Waals surface area contributed by atoms with Crippen molar-refractivity contribution in [3.05, 3.63) is 30.3 Å². The molecule has 1 unspecified atom stereocenters. The molecule has 0 aliphatic heterocycles. The van der Waals surface area contributed by atoms with Crippen molar-refractivity contribution in [2.24, 2.45) is 0 Å². The van der Waals surface area contributed by atoms with Gasteiger partial charge in [-0.1, -0.05) is 32.0 Å². The average molecular weight is 266 g/mol. The minimum Gasteiger partial charge on any atom is -0.492 e. The number of hydrogen-bond donors (Lipinski definition) is 2. The molecule has 108 valence electrons. The highest BCUT2D eigenvalue weighted by atomic mass is 16.5. The van der Waals surface area contributed by atoms with Gasteiger partial charge in [-0.2, -0.15) is 0 Å². The Kier molecular flexibility index (Phi) is 8.21. The maximum Gasteiger partial charge on any atom is 0.119 e. The van der Waals surface area contributed by atoms with Crippen LogP contribution in [-0.2, 0) is 0 Å². The summed E-state index contributed by atoms with van der Waals surface area (Å²) in [7, 11) is 0. The highest BCUT2D eigenvalue weighted by Crippen LogP contribution is 2.07. The second kappa shape index (κ2) is 9.78. The van der Waals surface area contributed by atoms with Gasteiger partial charge in [0.1, 0.15) is 12.4 Å². The minimum atomic E-state index is -0.323. The van der Waals surface area contributed by atoms with E-state index in [4.69, 9.17) is 4.74 Å². The molecule has 1 rings (SSSR count). The van der Waals surface area contributed by atoms with Crippen LogP contribution in [0.3, 0.4) is 0 Å². The third-order valence-electron chi connectivity index (χ3n) is 3.03. The summed E-state index contributed by atoms with van der Waals surface area (Å²) >= 11 is 0. The summed E-state index contributed by atoms with van der Waals surface area (Å²) in [5, 5.41) is 13.1. The van der Waals surface area contributed by atoms with Gasteiger partial charge >= 0.3 is 0 Å².